The van der Waals surface area contributed by atoms with Crippen molar-refractivity contribution in [3.05, 3.63) is 12.2 Å². The van der Waals surface area contributed by atoms with Crippen molar-refractivity contribution >= 4 is 5.97 Å². The van der Waals surface area contributed by atoms with Gasteiger partial charge in [-0.15, -0.1) is 0 Å². The van der Waals surface area contributed by atoms with E-state index < -0.39 is 5.97 Å². The van der Waals surface area contributed by atoms with Crippen molar-refractivity contribution in [1.29, 1.82) is 0 Å². The summed E-state index contributed by atoms with van der Waals surface area (Å²) in [6, 6.07) is 0.539. The Morgan fingerprint density at radius 3 is 2.40 bits per heavy atom. The SMILES string of the molecule is C=C(CN(C)C1CCC(C)CC1)C(=O)O. The molecule has 3 heteroatoms. The molecule has 0 aromatic rings. The van der Waals surface area contributed by atoms with Crippen molar-refractivity contribution in [2.45, 2.75) is 38.6 Å². The standard InChI is InChI=1S/C12H21NO2/c1-9-4-6-11(7-5-9)13(3)8-10(2)12(14)15/h9,11H,2,4-8H2,1,3H3,(H,14,15). The Hall–Kier alpha value is -0.830. The van der Waals surface area contributed by atoms with E-state index in [0.717, 1.165) is 5.92 Å². The van der Waals surface area contributed by atoms with Crippen LogP contribution in [0.1, 0.15) is 32.6 Å². The number of likely N-dealkylation sites (N-methyl/N-ethyl adjacent to an activating group) is 1. The molecule has 0 spiro atoms. The van der Waals surface area contributed by atoms with E-state index >= 15 is 0 Å². The first-order valence-corrected chi connectivity index (χ1v) is 5.62. The van der Waals surface area contributed by atoms with Crippen molar-refractivity contribution in [3.63, 3.8) is 0 Å². The summed E-state index contributed by atoms with van der Waals surface area (Å²) in [6.45, 7) is 6.33. The molecule has 1 fully saturated rings. The first-order valence-electron chi connectivity index (χ1n) is 5.62. The Bertz CT molecular complexity index is 242. The summed E-state index contributed by atoms with van der Waals surface area (Å²) in [5.41, 5.74) is 0.288. The molecule has 0 aromatic heterocycles. The van der Waals surface area contributed by atoms with Crippen molar-refractivity contribution in [1.82, 2.24) is 4.90 Å². The summed E-state index contributed by atoms with van der Waals surface area (Å²) in [7, 11) is 1.99. The second-order valence-corrected chi connectivity index (χ2v) is 4.74. The van der Waals surface area contributed by atoms with Crippen LogP contribution in [-0.4, -0.2) is 35.6 Å². The molecule has 0 saturated heterocycles. The summed E-state index contributed by atoms with van der Waals surface area (Å²) in [5.74, 6) is -0.0525. The predicted octanol–water partition coefficient (Wildman–Crippen LogP) is 2.14. The maximum Gasteiger partial charge on any atom is 0.332 e. The molecule has 0 amide bonds. The van der Waals surface area contributed by atoms with Gasteiger partial charge >= 0.3 is 5.97 Å². The van der Waals surface area contributed by atoms with Crippen LogP contribution in [0.5, 0.6) is 0 Å². The fourth-order valence-electron chi connectivity index (χ4n) is 2.18. The number of carboxylic acids is 1. The molecule has 0 aromatic carbocycles. The van der Waals surface area contributed by atoms with Crippen LogP contribution < -0.4 is 0 Å². The Kier molecular flexibility index (Phi) is 4.33. The van der Waals surface area contributed by atoms with Gasteiger partial charge in [-0.3, -0.25) is 4.90 Å². The molecule has 3 nitrogen and oxygen atoms in total. The van der Waals surface area contributed by atoms with Gasteiger partial charge < -0.3 is 5.11 Å². The first-order chi connectivity index (χ1) is 7.00. The largest absolute Gasteiger partial charge is 0.478 e. The second kappa shape index (κ2) is 5.31. The third kappa shape index (κ3) is 3.67. The number of rotatable bonds is 4. The maximum atomic E-state index is 10.6. The second-order valence-electron chi connectivity index (χ2n) is 4.74. The minimum absolute atomic E-state index is 0.288. The molecule has 0 heterocycles. The van der Waals surface area contributed by atoms with Gasteiger partial charge in [0.2, 0.25) is 0 Å². The zero-order valence-electron chi connectivity index (χ0n) is 9.70. The van der Waals surface area contributed by atoms with Crippen molar-refractivity contribution in [2.24, 2.45) is 5.92 Å². The lowest BCUT2D eigenvalue weighted by atomic mass is 9.86. The van der Waals surface area contributed by atoms with E-state index in [1.54, 1.807) is 0 Å². The van der Waals surface area contributed by atoms with E-state index in [2.05, 4.69) is 18.4 Å². The Morgan fingerprint density at radius 2 is 1.93 bits per heavy atom. The van der Waals surface area contributed by atoms with E-state index in [1.165, 1.54) is 25.7 Å². The predicted molar refractivity (Wildman–Crippen MR) is 60.8 cm³/mol. The van der Waals surface area contributed by atoms with Gasteiger partial charge in [0.25, 0.3) is 0 Å². The molecule has 1 saturated carbocycles. The lowest BCUT2D eigenvalue weighted by molar-refractivity contribution is -0.132. The van der Waals surface area contributed by atoms with Crippen LogP contribution in [0.4, 0.5) is 0 Å². The monoisotopic (exact) mass is 211 g/mol. The van der Waals surface area contributed by atoms with Gasteiger partial charge in [0.15, 0.2) is 0 Å². The van der Waals surface area contributed by atoms with E-state index in [4.69, 9.17) is 5.11 Å². The van der Waals surface area contributed by atoms with E-state index in [9.17, 15) is 4.79 Å². The molecule has 86 valence electrons. The zero-order chi connectivity index (χ0) is 11.4. The molecule has 1 aliphatic carbocycles. The molecular formula is C12H21NO2. The van der Waals surface area contributed by atoms with E-state index in [1.807, 2.05) is 7.05 Å². The number of hydrogen-bond donors (Lipinski definition) is 1. The molecule has 0 radical (unpaired) electrons. The number of nitrogens with zero attached hydrogens (tertiary/aromatic N) is 1. The number of hydrogen-bond acceptors (Lipinski definition) is 2. The third-order valence-electron chi connectivity index (χ3n) is 3.35. The number of aliphatic carboxylic acids is 1. The topological polar surface area (TPSA) is 40.5 Å². The van der Waals surface area contributed by atoms with Gasteiger partial charge in [0.1, 0.15) is 0 Å². The lowest BCUT2D eigenvalue weighted by Gasteiger charge is -2.33. The van der Waals surface area contributed by atoms with Crippen molar-refractivity contribution in [3.8, 4) is 0 Å². The molecule has 1 rings (SSSR count). The summed E-state index contributed by atoms with van der Waals surface area (Å²) in [4.78, 5) is 12.8. The molecule has 1 aliphatic rings. The van der Waals surface area contributed by atoms with Crippen LogP contribution in [0, 0.1) is 5.92 Å². The molecule has 0 unspecified atom stereocenters. The lowest BCUT2D eigenvalue weighted by Crippen LogP contribution is -2.36. The van der Waals surface area contributed by atoms with Gasteiger partial charge in [0, 0.05) is 18.2 Å². The Labute approximate surface area is 91.8 Å². The highest BCUT2D eigenvalue weighted by molar-refractivity contribution is 5.86. The van der Waals surface area contributed by atoms with Crippen LogP contribution >= 0.6 is 0 Å². The Balaban J connectivity index is 2.37. The summed E-state index contributed by atoms with van der Waals surface area (Å²) in [5, 5.41) is 8.75. The highest BCUT2D eigenvalue weighted by Crippen LogP contribution is 2.26. The van der Waals surface area contributed by atoms with Crippen LogP contribution in [0.25, 0.3) is 0 Å². The summed E-state index contributed by atoms with van der Waals surface area (Å²) in [6.07, 6.45) is 4.89. The minimum Gasteiger partial charge on any atom is -0.478 e. The fourth-order valence-corrected chi connectivity index (χ4v) is 2.18. The van der Waals surface area contributed by atoms with Crippen molar-refractivity contribution in [2.75, 3.05) is 13.6 Å². The van der Waals surface area contributed by atoms with E-state index in [0.29, 0.717) is 12.6 Å². The van der Waals surface area contributed by atoms with E-state index in [-0.39, 0.29) is 5.57 Å². The van der Waals surface area contributed by atoms with Crippen LogP contribution in [0.15, 0.2) is 12.2 Å². The molecule has 0 aliphatic heterocycles. The molecular weight excluding hydrogens is 190 g/mol. The third-order valence-corrected chi connectivity index (χ3v) is 3.35. The van der Waals surface area contributed by atoms with Gasteiger partial charge in [0.05, 0.1) is 0 Å². The van der Waals surface area contributed by atoms with Crippen LogP contribution in [0.3, 0.4) is 0 Å². The van der Waals surface area contributed by atoms with Gasteiger partial charge in [-0.25, -0.2) is 4.79 Å². The molecule has 1 N–H and O–H groups in total. The normalized spacial score (nSPS) is 26.6. The fraction of sp³-hybridized carbons (Fsp3) is 0.750. The number of carboxylic acid groups (broad SMARTS) is 1. The minimum atomic E-state index is -0.883. The van der Waals surface area contributed by atoms with Crippen molar-refractivity contribution < 1.29 is 9.90 Å². The zero-order valence-corrected chi connectivity index (χ0v) is 9.70. The Morgan fingerprint density at radius 1 is 1.40 bits per heavy atom. The smallest absolute Gasteiger partial charge is 0.332 e. The average molecular weight is 211 g/mol. The molecule has 0 bridgehead atoms. The number of carbonyl (C=O) groups is 1. The van der Waals surface area contributed by atoms with Gasteiger partial charge in [-0.1, -0.05) is 13.5 Å². The quantitative estimate of drug-likeness (QED) is 0.724. The molecule has 15 heavy (non-hydrogen) atoms. The average Bonchev–Trinajstić information content (AvgIpc) is 2.18. The molecule has 0 atom stereocenters. The van der Waals surface area contributed by atoms with Gasteiger partial charge in [-0.2, -0.15) is 0 Å². The first kappa shape index (κ1) is 12.2. The summed E-state index contributed by atoms with van der Waals surface area (Å²) < 4.78 is 0. The van der Waals surface area contributed by atoms with Crippen LogP contribution in [0.2, 0.25) is 0 Å². The highest BCUT2D eigenvalue weighted by Gasteiger charge is 2.22. The highest BCUT2D eigenvalue weighted by atomic mass is 16.4. The maximum absolute atomic E-state index is 10.6. The van der Waals surface area contributed by atoms with Gasteiger partial charge in [-0.05, 0) is 38.6 Å². The van der Waals surface area contributed by atoms with Crippen LogP contribution in [-0.2, 0) is 4.79 Å². The summed E-state index contributed by atoms with van der Waals surface area (Å²) >= 11 is 0.